The maximum atomic E-state index is 6.10. The van der Waals surface area contributed by atoms with Gasteiger partial charge in [0.25, 0.3) is 0 Å². The first-order valence-electron chi connectivity index (χ1n) is 12.4. The number of piperazine rings is 1. The number of halogens is 1. The lowest BCUT2D eigenvalue weighted by Gasteiger charge is -2.50. The van der Waals surface area contributed by atoms with Crippen molar-refractivity contribution in [3.8, 4) is 0 Å². The van der Waals surface area contributed by atoms with E-state index in [9.17, 15) is 0 Å². The van der Waals surface area contributed by atoms with E-state index < -0.39 is 0 Å². The van der Waals surface area contributed by atoms with E-state index in [1.165, 1.54) is 44.5 Å². The Hall–Kier alpha value is -1.62. The molecule has 0 bridgehead atoms. The monoisotopic (exact) mass is 454 g/mol. The van der Waals surface area contributed by atoms with Gasteiger partial charge in [-0.15, -0.1) is 0 Å². The van der Waals surface area contributed by atoms with Crippen LogP contribution in [0.2, 0.25) is 5.02 Å². The molecule has 0 spiro atoms. The van der Waals surface area contributed by atoms with Crippen LogP contribution in [0.3, 0.4) is 0 Å². The number of aromatic nitrogens is 1. The third kappa shape index (κ3) is 6.03. The Morgan fingerprint density at radius 3 is 2.44 bits per heavy atom. The summed E-state index contributed by atoms with van der Waals surface area (Å²) in [6, 6.07) is 16.6. The van der Waals surface area contributed by atoms with Gasteiger partial charge in [0, 0.05) is 62.1 Å². The Labute approximate surface area is 199 Å². The Bertz CT molecular complexity index is 817. The molecule has 2 saturated heterocycles. The maximum absolute atomic E-state index is 6.10. The molecule has 32 heavy (non-hydrogen) atoms. The predicted molar refractivity (Wildman–Crippen MR) is 136 cm³/mol. The summed E-state index contributed by atoms with van der Waals surface area (Å²) in [5, 5.41) is 0.824. The third-order valence-corrected chi connectivity index (χ3v) is 7.45. The smallest absolute Gasteiger partial charge is 0.128 e. The van der Waals surface area contributed by atoms with Gasteiger partial charge < -0.3 is 4.90 Å². The van der Waals surface area contributed by atoms with Crippen LogP contribution in [0.1, 0.15) is 45.6 Å². The van der Waals surface area contributed by atoms with Crippen LogP contribution >= 0.6 is 11.6 Å². The van der Waals surface area contributed by atoms with Crippen LogP contribution < -0.4 is 4.90 Å². The quantitative estimate of drug-likeness (QED) is 0.561. The van der Waals surface area contributed by atoms with E-state index in [0.29, 0.717) is 24.0 Å². The van der Waals surface area contributed by atoms with Crippen molar-refractivity contribution in [1.29, 1.82) is 0 Å². The summed E-state index contributed by atoms with van der Waals surface area (Å²) in [5.41, 5.74) is 1.40. The average Bonchev–Trinajstić information content (AvgIpc) is 2.81. The number of nitrogens with zero attached hydrogens (tertiary/aromatic N) is 4. The summed E-state index contributed by atoms with van der Waals surface area (Å²) in [4.78, 5) is 12.6. The van der Waals surface area contributed by atoms with Crippen LogP contribution in [-0.2, 0) is 6.42 Å². The molecule has 4 nitrogen and oxygen atoms in total. The molecule has 0 N–H and O–H groups in total. The molecule has 0 saturated carbocycles. The summed E-state index contributed by atoms with van der Waals surface area (Å²) in [7, 11) is 0. The molecule has 1 aromatic carbocycles. The molecule has 3 heterocycles. The Kier molecular flexibility index (Phi) is 8.09. The zero-order valence-corrected chi connectivity index (χ0v) is 20.7. The van der Waals surface area contributed by atoms with Crippen LogP contribution in [0, 0.1) is 5.92 Å². The van der Waals surface area contributed by atoms with Gasteiger partial charge in [0.2, 0.25) is 0 Å². The third-order valence-electron chi connectivity index (χ3n) is 7.20. The highest BCUT2D eigenvalue weighted by atomic mass is 35.5. The lowest BCUT2D eigenvalue weighted by atomic mass is 9.93. The van der Waals surface area contributed by atoms with E-state index in [0.717, 1.165) is 30.4 Å². The van der Waals surface area contributed by atoms with Crippen molar-refractivity contribution in [1.82, 2.24) is 14.8 Å². The molecule has 0 unspecified atom stereocenters. The van der Waals surface area contributed by atoms with Gasteiger partial charge in [0.05, 0.1) is 0 Å². The predicted octanol–water partition coefficient (Wildman–Crippen LogP) is 5.37. The maximum Gasteiger partial charge on any atom is 0.128 e. The summed E-state index contributed by atoms with van der Waals surface area (Å²) in [5.74, 6) is 1.84. The zero-order valence-electron chi connectivity index (χ0n) is 20.0. The highest BCUT2D eigenvalue weighted by Gasteiger charge is 2.36. The molecule has 0 amide bonds. The van der Waals surface area contributed by atoms with Crippen molar-refractivity contribution in [3.63, 3.8) is 0 Å². The molecule has 2 aliphatic heterocycles. The van der Waals surface area contributed by atoms with Crippen LogP contribution in [-0.4, -0.2) is 65.6 Å². The highest BCUT2D eigenvalue weighted by Crippen LogP contribution is 2.28. The fourth-order valence-corrected chi connectivity index (χ4v) is 5.63. The highest BCUT2D eigenvalue weighted by molar-refractivity contribution is 6.30. The Balaban J connectivity index is 1.42. The Morgan fingerprint density at radius 2 is 1.78 bits per heavy atom. The lowest BCUT2D eigenvalue weighted by molar-refractivity contribution is -0.00673. The second-order valence-electron chi connectivity index (χ2n) is 10.1. The second-order valence-corrected chi connectivity index (χ2v) is 10.6. The van der Waals surface area contributed by atoms with Gasteiger partial charge in [-0.25, -0.2) is 4.98 Å². The molecule has 2 aliphatic rings. The van der Waals surface area contributed by atoms with Crippen molar-refractivity contribution < 1.29 is 0 Å². The van der Waals surface area contributed by atoms with Gasteiger partial charge in [-0.2, -0.15) is 0 Å². The van der Waals surface area contributed by atoms with Gasteiger partial charge in [0.15, 0.2) is 0 Å². The first-order chi connectivity index (χ1) is 15.5. The van der Waals surface area contributed by atoms with E-state index in [2.05, 4.69) is 64.7 Å². The van der Waals surface area contributed by atoms with E-state index in [1.807, 2.05) is 24.4 Å². The molecular weight excluding hydrogens is 416 g/mol. The number of benzene rings is 1. The minimum Gasteiger partial charge on any atom is -0.357 e. The molecule has 5 heteroatoms. The van der Waals surface area contributed by atoms with Gasteiger partial charge >= 0.3 is 0 Å². The van der Waals surface area contributed by atoms with Crippen molar-refractivity contribution in [2.45, 2.75) is 64.6 Å². The van der Waals surface area contributed by atoms with Crippen molar-refractivity contribution in [3.05, 3.63) is 59.2 Å². The SMILES string of the molecule is CC(C)CN1C[C@H](CCc2ccc(Cl)cc2)N(C2CCN(c3ccccn3)CC2)C[C@@H]1C. The first kappa shape index (κ1) is 23.5. The normalized spacial score (nSPS) is 23.7. The first-order valence-corrected chi connectivity index (χ1v) is 12.8. The standard InChI is InChI=1S/C27H39ClN4/c1-21(2)18-31-20-26(12-9-23-7-10-24(28)11-8-23)32(19-22(31)3)25-13-16-30(17-14-25)27-6-4-5-15-29-27/h4-8,10-11,15,21-22,25-26H,9,12-14,16-20H2,1-3H3/t22-,26-/m0/s1. The van der Waals surface area contributed by atoms with Crippen LogP contribution in [0.25, 0.3) is 0 Å². The van der Waals surface area contributed by atoms with Crippen LogP contribution in [0.15, 0.2) is 48.7 Å². The van der Waals surface area contributed by atoms with E-state index in [1.54, 1.807) is 0 Å². The van der Waals surface area contributed by atoms with Crippen LogP contribution in [0.4, 0.5) is 5.82 Å². The van der Waals surface area contributed by atoms with Gasteiger partial charge in [-0.1, -0.05) is 43.6 Å². The van der Waals surface area contributed by atoms with Gasteiger partial charge in [0.1, 0.15) is 5.82 Å². The number of anilines is 1. The number of piperidine rings is 1. The lowest BCUT2D eigenvalue weighted by Crippen LogP contribution is -2.62. The fraction of sp³-hybridized carbons (Fsp3) is 0.593. The summed E-state index contributed by atoms with van der Waals surface area (Å²) in [6.07, 6.45) is 6.69. The van der Waals surface area contributed by atoms with Gasteiger partial charge in [-0.3, -0.25) is 9.80 Å². The molecule has 0 radical (unpaired) electrons. The molecule has 2 fully saturated rings. The molecule has 0 aliphatic carbocycles. The van der Waals surface area contributed by atoms with Crippen LogP contribution in [0.5, 0.6) is 0 Å². The minimum absolute atomic E-state index is 0.618. The second kappa shape index (κ2) is 11.0. The summed E-state index contributed by atoms with van der Waals surface area (Å²) < 4.78 is 0. The molecule has 2 aromatic rings. The van der Waals surface area contributed by atoms with E-state index in [-0.39, 0.29) is 0 Å². The molecule has 4 rings (SSSR count). The zero-order chi connectivity index (χ0) is 22.5. The van der Waals surface area contributed by atoms with Crippen molar-refractivity contribution in [2.75, 3.05) is 37.6 Å². The fourth-order valence-electron chi connectivity index (χ4n) is 5.50. The largest absolute Gasteiger partial charge is 0.357 e. The number of pyridine rings is 1. The number of hydrogen-bond acceptors (Lipinski definition) is 4. The topological polar surface area (TPSA) is 22.6 Å². The molecule has 174 valence electrons. The number of rotatable bonds is 7. The molecular formula is C27H39ClN4. The molecule has 2 atom stereocenters. The van der Waals surface area contributed by atoms with E-state index in [4.69, 9.17) is 11.6 Å². The molecule has 1 aromatic heterocycles. The number of aryl methyl sites for hydroxylation is 1. The van der Waals surface area contributed by atoms with Crippen molar-refractivity contribution in [2.24, 2.45) is 5.92 Å². The Morgan fingerprint density at radius 1 is 1.03 bits per heavy atom. The van der Waals surface area contributed by atoms with Crippen molar-refractivity contribution >= 4 is 17.4 Å². The number of hydrogen-bond donors (Lipinski definition) is 0. The van der Waals surface area contributed by atoms with E-state index >= 15 is 0 Å². The summed E-state index contributed by atoms with van der Waals surface area (Å²) >= 11 is 6.10. The van der Waals surface area contributed by atoms with Gasteiger partial charge in [-0.05, 0) is 68.4 Å². The summed E-state index contributed by atoms with van der Waals surface area (Å²) in [6.45, 7) is 12.9. The average molecular weight is 455 g/mol. The minimum atomic E-state index is 0.618.